The molecular formula is C19H22N2O2. The number of rotatable bonds is 5. The lowest BCUT2D eigenvalue weighted by Crippen LogP contribution is -2.50. The van der Waals surface area contributed by atoms with Gasteiger partial charge >= 0.3 is 0 Å². The van der Waals surface area contributed by atoms with Gasteiger partial charge in [-0.15, -0.1) is 0 Å². The van der Waals surface area contributed by atoms with E-state index in [0.29, 0.717) is 18.0 Å². The fourth-order valence-electron chi connectivity index (χ4n) is 3.15. The summed E-state index contributed by atoms with van der Waals surface area (Å²) >= 11 is 0. The van der Waals surface area contributed by atoms with E-state index in [9.17, 15) is 10.0 Å². The summed E-state index contributed by atoms with van der Waals surface area (Å²) in [5, 5.41) is 15.0. The largest absolute Gasteiger partial charge is 0.323 e. The quantitative estimate of drug-likeness (QED) is 0.815. The Balaban J connectivity index is 2.10. The SMILES string of the molecule is CC(C)CC[C@@]1(N(O)c2ccccc2)C(=O)Nc2ccccc21. The van der Waals surface area contributed by atoms with Crippen LogP contribution in [0.15, 0.2) is 54.6 Å². The minimum Gasteiger partial charge on any atom is -0.323 e. The summed E-state index contributed by atoms with van der Waals surface area (Å²) in [6.07, 6.45) is 1.39. The number of fused-ring (bicyclic) bond motifs is 1. The number of hydrogen-bond acceptors (Lipinski definition) is 3. The van der Waals surface area contributed by atoms with Gasteiger partial charge in [0.05, 0.1) is 5.69 Å². The average molecular weight is 310 g/mol. The Bertz CT molecular complexity index is 700. The maximum Gasteiger partial charge on any atom is 0.257 e. The Hall–Kier alpha value is -2.33. The van der Waals surface area contributed by atoms with Crippen LogP contribution in [0, 0.1) is 5.92 Å². The van der Waals surface area contributed by atoms with Crippen LogP contribution in [0.5, 0.6) is 0 Å². The van der Waals surface area contributed by atoms with Gasteiger partial charge in [0.15, 0.2) is 5.54 Å². The molecule has 1 atom stereocenters. The Labute approximate surface area is 136 Å². The summed E-state index contributed by atoms with van der Waals surface area (Å²) in [4.78, 5) is 12.9. The van der Waals surface area contributed by atoms with Crippen molar-refractivity contribution in [2.45, 2.75) is 32.2 Å². The third-order valence-corrected chi connectivity index (χ3v) is 4.44. The molecule has 2 N–H and O–H groups in total. The molecule has 1 aliphatic heterocycles. The molecule has 1 heterocycles. The zero-order chi connectivity index (χ0) is 16.4. The van der Waals surface area contributed by atoms with Gasteiger partial charge in [0.1, 0.15) is 0 Å². The lowest BCUT2D eigenvalue weighted by atomic mass is 9.83. The maximum atomic E-state index is 12.9. The summed E-state index contributed by atoms with van der Waals surface area (Å²) in [6, 6.07) is 16.8. The minimum atomic E-state index is -1.08. The molecule has 0 bridgehead atoms. The van der Waals surface area contributed by atoms with Gasteiger partial charge in [0, 0.05) is 11.3 Å². The Kier molecular flexibility index (Phi) is 4.09. The van der Waals surface area contributed by atoms with E-state index in [1.807, 2.05) is 54.6 Å². The number of carbonyl (C=O) groups excluding carboxylic acids is 1. The van der Waals surface area contributed by atoms with Crippen molar-refractivity contribution in [2.75, 3.05) is 10.4 Å². The second-order valence-electron chi connectivity index (χ2n) is 6.44. The van der Waals surface area contributed by atoms with E-state index in [1.54, 1.807) is 0 Å². The normalized spacial score (nSPS) is 19.6. The number of amides is 1. The molecule has 0 aromatic heterocycles. The zero-order valence-corrected chi connectivity index (χ0v) is 13.5. The van der Waals surface area contributed by atoms with E-state index >= 15 is 0 Å². The highest BCUT2D eigenvalue weighted by atomic mass is 16.5. The molecule has 0 radical (unpaired) electrons. The van der Waals surface area contributed by atoms with Gasteiger partial charge in [-0.3, -0.25) is 10.0 Å². The summed E-state index contributed by atoms with van der Waals surface area (Å²) in [6.45, 7) is 4.24. The molecule has 1 amide bonds. The van der Waals surface area contributed by atoms with Crippen LogP contribution in [0.3, 0.4) is 0 Å². The van der Waals surface area contributed by atoms with Crippen LogP contribution < -0.4 is 10.4 Å². The molecule has 0 saturated heterocycles. The van der Waals surface area contributed by atoms with Crippen molar-refractivity contribution in [3.8, 4) is 0 Å². The smallest absolute Gasteiger partial charge is 0.257 e. The predicted molar refractivity (Wildman–Crippen MR) is 91.5 cm³/mol. The Morgan fingerprint density at radius 1 is 1.09 bits per heavy atom. The number of benzene rings is 2. The number of hydroxylamine groups is 1. The van der Waals surface area contributed by atoms with E-state index in [-0.39, 0.29) is 5.91 Å². The van der Waals surface area contributed by atoms with Crippen LogP contribution in [0.1, 0.15) is 32.3 Å². The molecule has 4 nitrogen and oxygen atoms in total. The number of nitrogens with zero attached hydrogens (tertiary/aromatic N) is 1. The van der Waals surface area contributed by atoms with Gasteiger partial charge in [-0.25, -0.2) is 5.06 Å². The van der Waals surface area contributed by atoms with Crippen molar-refractivity contribution < 1.29 is 10.0 Å². The highest BCUT2D eigenvalue weighted by molar-refractivity contribution is 6.07. The fraction of sp³-hybridized carbons (Fsp3) is 0.316. The molecule has 1 aliphatic rings. The highest BCUT2D eigenvalue weighted by Crippen LogP contribution is 2.45. The summed E-state index contributed by atoms with van der Waals surface area (Å²) < 4.78 is 0. The van der Waals surface area contributed by atoms with Gasteiger partial charge in [-0.05, 0) is 37.0 Å². The molecule has 0 fully saturated rings. The number of carbonyl (C=O) groups is 1. The van der Waals surface area contributed by atoms with Crippen molar-refractivity contribution in [3.05, 3.63) is 60.2 Å². The minimum absolute atomic E-state index is 0.175. The molecule has 0 saturated carbocycles. The molecule has 2 aromatic carbocycles. The van der Waals surface area contributed by atoms with Crippen molar-refractivity contribution in [1.82, 2.24) is 0 Å². The fourth-order valence-corrected chi connectivity index (χ4v) is 3.15. The first-order valence-corrected chi connectivity index (χ1v) is 8.01. The van der Waals surface area contributed by atoms with Crippen LogP contribution in [-0.4, -0.2) is 11.1 Å². The average Bonchev–Trinajstić information content (AvgIpc) is 2.85. The van der Waals surface area contributed by atoms with E-state index < -0.39 is 5.54 Å². The second kappa shape index (κ2) is 6.05. The van der Waals surface area contributed by atoms with Crippen LogP contribution >= 0.6 is 0 Å². The third kappa shape index (κ3) is 2.59. The number of nitrogens with one attached hydrogen (secondary N) is 1. The standard InChI is InChI=1S/C19H22N2O2/c1-14(2)12-13-19(21(23)15-8-4-3-5-9-15)16-10-6-7-11-17(16)20-18(19)22/h3-11,14,23H,12-13H2,1-2H3,(H,20,22)/t19-/m0/s1. The van der Waals surface area contributed by atoms with Gasteiger partial charge < -0.3 is 5.32 Å². The maximum absolute atomic E-state index is 12.9. The lowest BCUT2D eigenvalue weighted by Gasteiger charge is -2.37. The molecule has 0 spiro atoms. The molecule has 23 heavy (non-hydrogen) atoms. The number of anilines is 2. The number of para-hydroxylation sites is 2. The monoisotopic (exact) mass is 310 g/mol. The predicted octanol–water partition coefficient (Wildman–Crippen LogP) is 4.17. The van der Waals surface area contributed by atoms with Crippen LogP contribution in [0.2, 0.25) is 0 Å². The molecule has 4 heteroatoms. The zero-order valence-electron chi connectivity index (χ0n) is 13.5. The second-order valence-corrected chi connectivity index (χ2v) is 6.44. The van der Waals surface area contributed by atoms with Crippen LogP contribution in [0.25, 0.3) is 0 Å². The first kappa shape index (κ1) is 15.6. The Morgan fingerprint density at radius 3 is 2.43 bits per heavy atom. The molecule has 2 aromatic rings. The molecule has 0 aliphatic carbocycles. The van der Waals surface area contributed by atoms with Gasteiger partial charge in [0.25, 0.3) is 5.91 Å². The molecular weight excluding hydrogens is 288 g/mol. The van der Waals surface area contributed by atoms with Crippen molar-refractivity contribution in [1.29, 1.82) is 0 Å². The van der Waals surface area contributed by atoms with Crippen molar-refractivity contribution in [2.24, 2.45) is 5.92 Å². The highest BCUT2D eigenvalue weighted by Gasteiger charge is 2.51. The molecule has 0 unspecified atom stereocenters. The first-order valence-electron chi connectivity index (χ1n) is 8.01. The summed E-state index contributed by atoms with van der Waals surface area (Å²) in [5.41, 5.74) is 1.14. The van der Waals surface area contributed by atoms with Crippen LogP contribution in [0.4, 0.5) is 11.4 Å². The van der Waals surface area contributed by atoms with Crippen molar-refractivity contribution >= 4 is 17.3 Å². The lowest BCUT2D eigenvalue weighted by molar-refractivity contribution is -0.123. The number of hydrogen-bond donors (Lipinski definition) is 2. The van der Waals surface area contributed by atoms with E-state index in [4.69, 9.17) is 0 Å². The molecule has 120 valence electrons. The van der Waals surface area contributed by atoms with E-state index in [0.717, 1.165) is 22.7 Å². The van der Waals surface area contributed by atoms with E-state index in [1.165, 1.54) is 0 Å². The topological polar surface area (TPSA) is 52.6 Å². The van der Waals surface area contributed by atoms with E-state index in [2.05, 4.69) is 19.2 Å². The first-order chi connectivity index (χ1) is 11.1. The van der Waals surface area contributed by atoms with Gasteiger partial charge in [-0.2, -0.15) is 0 Å². The third-order valence-electron chi connectivity index (χ3n) is 4.44. The van der Waals surface area contributed by atoms with Gasteiger partial charge in [0.2, 0.25) is 0 Å². The summed E-state index contributed by atoms with van der Waals surface area (Å²) in [7, 11) is 0. The van der Waals surface area contributed by atoms with Gasteiger partial charge in [-0.1, -0.05) is 50.2 Å². The Morgan fingerprint density at radius 2 is 1.74 bits per heavy atom. The summed E-state index contributed by atoms with van der Waals surface area (Å²) in [5.74, 6) is 0.266. The molecule has 3 rings (SSSR count). The van der Waals surface area contributed by atoms with Crippen LogP contribution in [-0.2, 0) is 10.3 Å². The van der Waals surface area contributed by atoms with Crippen molar-refractivity contribution in [3.63, 3.8) is 0 Å².